The zero-order chi connectivity index (χ0) is 84.8. The molecule has 0 spiro atoms. The second kappa shape index (κ2) is 32.9. The van der Waals surface area contributed by atoms with Crippen LogP contribution in [0.2, 0.25) is 0 Å². The highest BCUT2D eigenvalue weighted by molar-refractivity contribution is 5.94. The molecule has 0 unspecified atom stereocenters. The van der Waals surface area contributed by atoms with E-state index in [0.29, 0.717) is 26.4 Å². The number of phenols is 4. The van der Waals surface area contributed by atoms with E-state index >= 15 is 0 Å². The Labute approximate surface area is 734 Å². The molecule has 612 valence electrons. The van der Waals surface area contributed by atoms with Gasteiger partial charge in [0.25, 0.3) is 0 Å². The first-order valence-corrected chi connectivity index (χ1v) is 43.9. The standard InChI is InChI=1S/C63H48O4.C55H44O4/c64-50-30-22-42-38-48(24-20-44(42)40-50)62(58-16-6-2-12-54(58)55-13-3-7-17-59(55)62)46-26-32-52(33-27-46)66-36-10-1-11-37-67-53-34-28-47(29-35-53)63(49-25-21-45-41-51(65)31-23-43(45)39-49)60-18-8-4-14-56(60)57-15-5-9-19-61(57)63;56-42-28-20-38(21-29-42)54(50-16-6-2-12-46(50)47-13-3-7-17-51(47)54)40-24-32-44(33-25-40)58-36-10-1-11-37-59-45-34-26-41(27-35-45)55(39-22-30-43(57)31-23-39)52-18-8-4-14-48(52)49-15-5-9-19-53(49)55/h2-9,12-35,38-41,64-65H,1,10-11,36-37H2;2-9,12-35,56-57H,1,10-11,36-37H2. The molecule has 0 atom stereocenters. The van der Waals surface area contributed by atoms with Gasteiger partial charge in [-0.15, -0.1) is 0 Å². The molecule has 18 aromatic carbocycles. The number of hydrogen-bond acceptors (Lipinski definition) is 8. The van der Waals surface area contributed by atoms with Gasteiger partial charge in [0.1, 0.15) is 46.0 Å². The van der Waals surface area contributed by atoms with Crippen molar-refractivity contribution in [1.82, 2.24) is 0 Å². The summed E-state index contributed by atoms with van der Waals surface area (Å²) in [6.45, 7) is 2.52. The number of ether oxygens (including phenoxy) is 4. The summed E-state index contributed by atoms with van der Waals surface area (Å²) in [7, 11) is 0. The van der Waals surface area contributed by atoms with Gasteiger partial charge >= 0.3 is 0 Å². The van der Waals surface area contributed by atoms with Crippen LogP contribution in [0.15, 0.2) is 413 Å². The summed E-state index contributed by atoms with van der Waals surface area (Å²) in [6, 6.07) is 144. The second-order valence-electron chi connectivity index (χ2n) is 33.6. The number of unbranched alkanes of at least 4 members (excludes halogenated alkanes) is 4. The Morgan fingerprint density at radius 1 is 0.159 bits per heavy atom. The van der Waals surface area contributed by atoms with Crippen LogP contribution in [0.25, 0.3) is 66.1 Å². The van der Waals surface area contributed by atoms with Crippen LogP contribution in [0.4, 0.5) is 0 Å². The van der Waals surface area contributed by atoms with E-state index in [1.807, 2.05) is 48.5 Å². The van der Waals surface area contributed by atoms with Gasteiger partial charge in [0.05, 0.1) is 48.1 Å². The summed E-state index contributed by atoms with van der Waals surface area (Å²) >= 11 is 0. The van der Waals surface area contributed by atoms with Gasteiger partial charge in [0.2, 0.25) is 0 Å². The molecule has 4 aliphatic rings. The van der Waals surface area contributed by atoms with Crippen molar-refractivity contribution in [2.24, 2.45) is 0 Å². The third kappa shape index (κ3) is 13.3. The largest absolute Gasteiger partial charge is 0.508 e. The summed E-state index contributed by atoms with van der Waals surface area (Å²) in [5, 5.41) is 45.0. The molecule has 126 heavy (non-hydrogen) atoms. The van der Waals surface area contributed by atoms with Gasteiger partial charge < -0.3 is 39.4 Å². The minimum atomic E-state index is -0.517. The second-order valence-corrected chi connectivity index (χ2v) is 33.6. The summed E-state index contributed by atoms with van der Waals surface area (Å²) in [4.78, 5) is 0. The van der Waals surface area contributed by atoms with Crippen molar-refractivity contribution in [3.63, 3.8) is 0 Å². The van der Waals surface area contributed by atoms with Crippen molar-refractivity contribution in [2.45, 2.75) is 60.2 Å². The van der Waals surface area contributed by atoms with E-state index < -0.39 is 21.7 Å². The first-order valence-electron chi connectivity index (χ1n) is 43.9. The monoisotopic (exact) mass is 1640 g/mol. The quantitative estimate of drug-likeness (QED) is 0.0442. The van der Waals surface area contributed by atoms with Crippen LogP contribution in [-0.4, -0.2) is 46.9 Å². The van der Waals surface area contributed by atoms with E-state index in [2.05, 4.69) is 328 Å². The van der Waals surface area contributed by atoms with Crippen LogP contribution >= 0.6 is 0 Å². The predicted octanol–water partition coefficient (Wildman–Crippen LogP) is 27.2. The van der Waals surface area contributed by atoms with E-state index in [9.17, 15) is 20.4 Å². The van der Waals surface area contributed by atoms with Crippen LogP contribution in [-0.2, 0) is 21.7 Å². The molecule has 0 saturated carbocycles. The topological polar surface area (TPSA) is 118 Å². The third-order valence-electron chi connectivity index (χ3n) is 26.7. The Balaban J connectivity index is 0.000000155. The molecule has 0 amide bonds. The Morgan fingerprint density at radius 3 is 0.563 bits per heavy atom. The first kappa shape index (κ1) is 78.2. The summed E-state index contributed by atoms with van der Waals surface area (Å²) in [6.07, 6.45) is 5.68. The van der Waals surface area contributed by atoms with Crippen molar-refractivity contribution in [3.05, 3.63) is 502 Å². The highest BCUT2D eigenvalue weighted by Gasteiger charge is 2.50. The van der Waals surface area contributed by atoms with Gasteiger partial charge in [0.15, 0.2) is 0 Å². The number of hydrogen-bond donors (Lipinski definition) is 4. The lowest BCUT2D eigenvalue weighted by Gasteiger charge is -2.34. The smallest absolute Gasteiger partial charge is 0.119 e. The first-order chi connectivity index (χ1) is 62.1. The molecular weight excluding hydrogens is 1550 g/mol. The van der Waals surface area contributed by atoms with Gasteiger partial charge in [-0.1, -0.05) is 303 Å². The molecule has 18 aromatic rings. The maximum atomic E-state index is 10.2. The Kier molecular flexibility index (Phi) is 20.4. The minimum Gasteiger partial charge on any atom is -0.508 e. The van der Waals surface area contributed by atoms with Crippen LogP contribution < -0.4 is 18.9 Å². The molecule has 0 aliphatic heterocycles. The highest BCUT2D eigenvalue weighted by Crippen LogP contribution is 2.61. The van der Waals surface area contributed by atoms with Crippen molar-refractivity contribution in [2.75, 3.05) is 26.4 Å². The molecule has 8 nitrogen and oxygen atoms in total. The lowest BCUT2D eigenvalue weighted by Crippen LogP contribution is -2.28. The van der Waals surface area contributed by atoms with Crippen LogP contribution in [0.3, 0.4) is 0 Å². The fourth-order valence-electron chi connectivity index (χ4n) is 21.2. The van der Waals surface area contributed by atoms with E-state index in [4.69, 9.17) is 18.9 Å². The lowest BCUT2D eigenvalue weighted by molar-refractivity contribution is 0.279. The van der Waals surface area contributed by atoms with E-state index in [-0.39, 0.29) is 23.0 Å². The Morgan fingerprint density at radius 2 is 0.333 bits per heavy atom. The van der Waals surface area contributed by atoms with Gasteiger partial charge in [-0.3, -0.25) is 0 Å². The molecule has 0 aromatic heterocycles. The van der Waals surface area contributed by atoms with Crippen molar-refractivity contribution in [1.29, 1.82) is 0 Å². The number of phenolic OH excluding ortho intramolecular Hbond substituents is 4. The molecule has 4 aliphatic carbocycles. The number of fused-ring (bicyclic) bond motifs is 14. The lowest BCUT2D eigenvalue weighted by atomic mass is 9.67. The van der Waals surface area contributed by atoms with Crippen LogP contribution in [0.5, 0.6) is 46.0 Å². The molecule has 0 radical (unpaired) electrons. The predicted molar refractivity (Wildman–Crippen MR) is 506 cm³/mol. The Bertz CT molecular complexity index is 6470. The van der Waals surface area contributed by atoms with Crippen LogP contribution in [0, 0.1) is 0 Å². The minimum absolute atomic E-state index is 0.256. The fraction of sp³-hybridized carbons (Fsp3) is 0.119. The number of rotatable bonds is 24. The maximum absolute atomic E-state index is 10.2. The molecule has 22 rings (SSSR count). The zero-order valence-electron chi connectivity index (χ0n) is 69.8. The average Bonchev–Trinajstić information content (AvgIpc) is 1.53. The summed E-state index contributed by atoms with van der Waals surface area (Å²) in [5.74, 6) is 4.47. The molecule has 0 saturated heterocycles. The fourth-order valence-corrected chi connectivity index (χ4v) is 21.2. The number of aromatic hydroxyl groups is 4. The molecule has 0 fully saturated rings. The van der Waals surface area contributed by atoms with E-state index in [1.165, 1.54) is 111 Å². The van der Waals surface area contributed by atoms with E-state index in [0.717, 1.165) is 105 Å². The number of benzene rings is 18. The molecule has 8 heteroatoms. The molecule has 4 N–H and O–H groups in total. The summed E-state index contributed by atoms with van der Waals surface area (Å²) in [5.41, 5.74) is 27.2. The third-order valence-corrected chi connectivity index (χ3v) is 26.7. The highest BCUT2D eigenvalue weighted by atomic mass is 16.5. The molecular formula is C118H92O8. The van der Waals surface area contributed by atoms with Gasteiger partial charge in [-0.25, -0.2) is 0 Å². The van der Waals surface area contributed by atoms with Crippen molar-refractivity contribution < 1.29 is 39.4 Å². The normalized spacial score (nSPS) is 13.8. The van der Waals surface area contributed by atoms with Crippen LogP contribution in [0.1, 0.15) is 128 Å². The van der Waals surface area contributed by atoms with Gasteiger partial charge in [0, 0.05) is 0 Å². The van der Waals surface area contributed by atoms with Crippen molar-refractivity contribution >= 4 is 21.5 Å². The van der Waals surface area contributed by atoms with E-state index in [1.54, 1.807) is 36.4 Å². The Hall–Kier alpha value is -15.1. The SMILES string of the molecule is Oc1ccc(C2(c3ccc(OCCCCCOc4ccc(C5(c6ccc(O)cc6)c6ccccc6-c6ccccc65)cc4)cc3)c3ccccc3-c3ccccc32)cc1.Oc1ccc2cc(C3(c4ccc(OCCCCCOc5ccc(C6(c7ccc8cc(O)ccc8c7)c7ccccc7-c7ccccc76)cc5)cc4)c4ccccc4-c4ccccc43)ccc2c1. The van der Waals surface area contributed by atoms with Gasteiger partial charge in [-0.2, -0.15) is 0 Å². The van der Waals surface area contributed by atoms with Gasteiger partial charge in [-0.05, 0) is 303 Å². The molecule has 0 bridgehead atoms. The molecule has 0 heterocycles. The summed E-state index contributed by atoms with van der Waals surface area (Å²) < 4.78 is 25.2. The maximum Gasteiger partial charge on any atom is 0.119 e. The zero-order valence-corrected chi connectivity index (χ0v) is 69.8. The average molecular weight is 1640 g/mol. The van der Waals surface area contributed by atoms with Crippen molar-refractivity contribution in [3.8, 4) is 90.5 Å².